The van der Waals surface area contributed by atoms with Crippen LogP contribution in [0.5, 0.6) is 0 Å². The van der Waals surface area contributed by atoms with Crippen molar-refractivity contribution in [1.82, 2.24) is 0 Å². The first-order valence-electron chi connectivity index (χ1n) is 9.16. The van der Waals surface area contributed by atoms with Gasteiger partial charge in [-0.25, -0.2) is 4.39 Å². The molecule has 29 heavy (non-hydrogen) atoms. The second kappa shape index (κ2) is 7.14. The smallest absolute Gasteiger partial charge is 0.268 e. The van der Waals surface area contributed by atoms with Gasteiger partial charge in [-0.05, 0) is 30.7 Å². The molecule has 0 radical (unpaired) electrons. The molecule has 2 N–H and O–H groups in total. The molecule has 0 fully saturated rings. The van der Waals surface area contributed by atoms with E-state index in [1.165, 1.54) is 23.1 Å². The zero-order valence-electron chi connectivity index (χ0n) is 15.7. The molecule has 3 aromatic rings. The number of benzene rings is 3. The molecular formula is C23H19FN2O3. The molecule has 0 spiro atoms. The van der Waals surface area contributed by atoms with Crippen molar-refractivity contribution in [3.63, 3.8) is 0 Å². The number of carbonyl (C=O) groups excluding carboxylic acids is 2. The lowest BCUT2D eigenvalue weighted by Gasteiger charge is -2.23. The van der Waals surface area contributed by atoms with Crippen molar-refractivity contribution in [2.75, 3.05) is 16.8 Å². The average Bonchev–Trinajstić information content (AvgIpc) is 2.93. The van der Waals surface area contributed by atoms with Crippen LogP contribution in [-0.2, 0) is 15.2 Å². The Labute approximate surface area is 167 Å². The maximum absolute atomic E-state index is 13.8. The number of halogens is 1. The first kappa shape index (κ1) is 18.8. The number of rotatable bonds is 4. The number of para-hydroxylation sites is 2. The Hall–Kier alpha value is -3.51. The molecule has 1 aliphatic rings. The lowest BCUT2D eigenvalue weighted by Crippen LogP contribution is -2.44. The molecule has 5 nitrogen and oxygen atoms in total. The Balaban J connectivity index is 1.67. The van der Waals surface area contributed by atoms with Gasteiger partial charge in [-0.3, -0.25) is 14.5 Å². The fourth-order valence-corrected chi connectivity index (χ4v) is 3.56. The second-order valence-electron chi connectivity index (χ2n) is 7.01. The van der Waals surface area contributed by atoms with Crippen molar-refractivity contribution in [1.29, 1.82) is 0 Å². The molecule has 0 saturated carbocycles. The Morgan fingerprint density at radius 2 is 1.69 bits per heavy atom. The lowest BCUT2D eigenvalue weighted by molar-refractivity contribution is -0.133. The van der Waals surface area contributed by atoms with E-state index in [2.05, 4.69) is 5.32 Å². The van der Waals surface area contributed by atoms with E-state index in [4.69, 9.17) is 0 Å². The number of hydrogen-bond donors (Lipinski definition) is 2. The summed E-state index contributed by atoms with van der Waals surface area (Å²) in [6, 6.07) is 19.6. The summed E-state index contributed by atoms with van der Waals surface area (Å²) in [5.41, 5.74) is 0.431. The van der Waals surface area contributed by atoms with E-state index in [1.54, 1.807) is 42.5 Å². The number of hydrogen-bond acceptors (Lipinski definition) is 3. The summed E-state index contributed by atoms with van der Waals surface area (Å²) in [7, 11) is 0. The number of nitrogens with one attached hydrogen (secondary N) is 1. The van der Waals surface area contributed by atoms with Crippen LogP contribution >= 0.6 is 0 Å². The summed E-state index contributed by atoms with van der Waals surface area (Å²) < 4.78 is 13.8. The van der Waals surface area contributed by atoms with Crippen LogP contribution < -0.4 is 10.2 Å². The SMILES string of the molecule is Cc1ccc(C2(O)C(=O)N(CC(=O)Nc3ccccc3F)c3ccccc32)cc1. The molecule has 0 aromatic heterocycles. The van der Waals surface area contributed by atoms with Crippen LogP contribution in [0.3, 0.4) is 0 Å². The minimum Gasteiger partial charge on any atom is -0.372 e. The zero-order valence-corrected chi connectivity index (χ0v) is 15.7. The van der Waals surface area contributed by atoms with Gasteiger partial charge in [0, 0.05) is 5.56 Å². The van der Waals surface area contributed by atoms with Gasteiger partial charge in [0.05, 0.1) is 11.4 Å². The van der Waals surface area contributed by atoms with Gasteiger partial charge in [-0.2, -0.15) is 0 Å². The molecule has 1 aliphatic heterocycles. The molecule has 0 aliphatic carbocycles. The number of nitrogens with zero attached hydrogens (tertiary/aromatic N) is 1. The molecule has 1 unspecified atom stereocenters. The van der Waals surface area contributed by atoms with Crippen molar-refractivity contribution in [3.05, 3.63) is 95.3 Å². The molecule has 1 heterocycles. The van der Waals surface area contributed by atoms with Crippen LogP contribution in [0.2, 0.25) is 0 Å². The standard InChI is InChI=1S/C23H19FN2O3/c1-15-10-12-16(13-11-15)23(29)17-6-2-5-9-20(17)26(22(23)28)14-21(27)25-19-8-4-3-7-18(19)24/h2-13,29H,14H2,1H3,(H,25,27). The second-order valence-corrected chi connectivity index (χ2v) is 7.01. The number of aliphatic hydroxyl groups is 1. The third-order valence-electron chi connectivity index (χ3n) is 5.06. The van der Waals surface area contributed by atoms with Crippen molar-refractivity contribution < 1.29 is 19.1 Å². The Bertz CT molecular complexity index is 1100. The van der Waals surface area contributed by atoms with Gasteiger partial charge in [-0.1, -0.05) is 60.2 Å². The van der Waals surface area contributed by atoms with E-state index in [-0.39, 0.29) is 12.2 Å². The predicted octanol–water partition coefficient (Wildman–Crippen LogP) is 3.36. The van der Waals surface area contributed by atoms with Gasteiger partial charge in [0.15, 0.2) is 5.60 Å². The van der Waals surface area contributed by atoms with Gasteiger partial charge in [0.25, 0.3) is 5.91 Å². The summed E-state index contributed by atoms with van der Waals surface area (Å²) in [6.07, 6.45) is 0. The van der Waals surface area contributed by atoms with Gasteiger partial charge in [-0.15, -0.1) is 0 Å². The summed E-state index contributed by atoms with van der Waals surface area (Å²) in [5, 5.41) is 13.9. The summed E-state index contributed by atoms with van der Waals surface area (Å²) >= 11 is 0. The third kappa shape index (κ3) is 3.17. The van der Waals surface area contributed by atoms with Gasteiger partial charge < -0.3 is 10.4 Å². The number of amides is 2. The van der Waals surface area contributed by atoms with Crippen LogP contribution in [0.4, 0.5) is 15.8 Å². The molecular weight excluding hydrogens is 371 g/mol. The van der Waals surface area contributed by atoms with E-state index in [9.17, 15) is 19.1 Å². The monoisotopic (exact) mass is 390 g/mol. The van der Waals surface area contributed by atoms with Gasteiger partial charge in [0.2, 0.25) is 5.91 Å². The molecule has 0 saturated heterocycles. The fraction of sp³-hybridized carbons (Fsp3) is 0.130. The van der Waals surface area contributed by atoms with Gasteiger partial charge in [0.1, 0.15) is 12.4 Å². The number of carbonyl (C=O) groups is 2. The van der Waals surface area contributed by atoms with Crippen LogP contribution in [0.15, 0.2) is 72.8 Å². The Kier molecular flexibility index (Phi) is 4.64. The molecule has 1 atom stereocenters. The first-order valence-corrected chi connectivity index (χ1v) is 9.16. The molecule has 4 rings (SSSR count). The van der Waals surface area contributed by atoms with E-state index in [0.29, 0.717) is 16.8 Å². The van der Waals surface area contributed by atoms with Crippen LogP contribution in [0.1, 0.15) is 16.7 Å². The molecule has 0 bridgehead atoms. The van der Waals surface area contributed by atoms with Crippen molar-refractivity contribution in [2.45, 2.75) is 12.5 Å². The summed E-state index contributed by atoms with van der Waals surface area (Å²) in [4.78, 5) is 27.0. The van der Waals surface area contributed by atoms with Crippen LogP contribution in [-0.4, -0.2) is 23.5 Å². The van der Waals surface area contributed by atoms with Crippen molar-refractivity contribution in [2.24, 2.45) is 0 Å². The molecule has 6 heteroatoms. The summed E-state index contributed by atoms with van der Waals surface area (Å²) in [5.74, 6) is -1.75. The lowest BCUT2D eigenvalue weighted by atomic mass is 9.87. The average molecular weight is 390 g/mol. The van der Waals surface area contributed by atoms with E-state index in [1.807, 2.05) is 19.1 Å². The number of aryl methyl sites for hydroxylation is 1. The van der Waals surface area contributed by atoms with Gasteiger partial charge >= 0.3 is 0 Å². The summed E-state index contributed by atoms with van der Waals surface area (Å²) in [6.45, 7) is 1.57. The van der Waals surface area contributed by atoms with E-state index < -0.39 is 23.2 Å². The Morgan fingerprint density at radius 3 is 2.41 bits per heavy atom. The topological polar surface area (TPSA) is 69.6 Å². The highest BCUT2D eigenvalue weighted by Crippen LogP contribution is 2.44. The largest absolute Gasteiger partial charge is 0.372 e. The van der Waals surface area contributed by atoms with E-state index in [0.717, 1.165) is 5.56 Å². The molecule has 3 aromatic carbocycles. The third-order valence-corrected chi connectivity index (χ3v) is 5.06. The zero-order chi connectivity index (χ0) is 20.6. The minimum atomic E-state index is -1.89. The molecule has 146 valence electrons. The van der Waals surface area contributed by atoms with Crippen molar-refractivity contribution in [3.8, 4) is 0 Å². The normalized spacial score (nSPS) is 17.9. The first-order chi connectivity index (χ1) is 13.9. The quantitative estimate of drug-likeness (QED) is 0.718. The minimum absolute atomic E-state index is 0.0335. The maximum atomic E-state index is 13.8. The predicted molar refractivity (Wildman–Crippen MR) is 108 cm³/mol. The fourth-order valence-electron chi connectivity index (χ4n) is 3.56. The highest BCUT2D eigenvalue weighted by atomic mass is 19.1. The molecule has 2 amide bonds. The maximum Gasteiger partial charge on any atom is 0.268 e. The number of anilines is 2. The Morgan fingerprint density at radius 1 is 1.03 bits per heavy atom. The van der Waals surface area contributed by atoms with Crippen LogP contribution in [0, 0.1) is 12.7 Å². The van der Waals surface area contributed by atoms with E-state index >= 15 is 0 Å². The number of fused-ring (bicyclic) bond motifs is 1. The van der Waals surface area contributed by atoms with Crippen LogP contribution in [0.25, 0.3) is 0 Å². The highest BCUT2D eigenvalue weighted by Gasteiger charge is 2.51. The highest BCUT2D eigenvalue weighted by molar-refractivity contribution is 6.12. The van der Waals surface area contributed by atoms with Crippen molar-refractivity contribution >= 4 is 23.2 Å².